The molecule has 0 radical (unpaired) electrons. The summed E-state index contributed by atoms with van der Waals surface area (Å²) < 4.78 is 23.6. The number of carbonyl (C=O) groups is 4. The van der Waals surface area contributed by atoms with Crippen LogP contribution in [0.3, 0.4) is 0 Å². The molecule has 5 unspecified atom stereocenters. The fourth-order valence-electron chi connectivity index (χ4n) is 1.59. The van der Waals surface area contributed by atoms with E-state index in [1.807, 2.05) is 0 Å². The predicted octanol–water partition coefficient (Wildman–Crippen LogP) is -1.60. The topological polar surface area (TPSA) is 114 Å². The molecule has 1 aliphatic heterocycles. The second kappa shape index (κ2) is 7.59. The molecule has 1 saturated heterocycles. The normalized spacial score (nSPS) is 33.6. The number of hydrogen-bond acceptors (Lipinski definition) is 10. The Hall–Kier alpha value is -1.81. The summed E-state index contributed by atoms with van der Waals surface area (Å²) in [5, 5.41) is 0. The van der Waals surface area contributed by atoms with Gasteiger partial charge in [-0.1, -0.05) is 0 Å². The van der Waals surface area contributed by atoms with E-state index >= 15 is 0 Å². The van der Waals surface area contributed by atoms with Gasteiger partial charge in [0.2, 0.25) is 12.4 Å². The molecular weight excluding hydrogens is 284 g/mol. The summed E-state index contributed by atoms with van der Waals surface area (Å²) in [7, 11) is 0. The molecule has 0 saturated carbocycles. The Kier molecular flexibility index (Phi) is 6.09. The Bertz CT molecular complexity index is 336. The first-order chi connectivity index (χ1) is 9.19. The lowest BCUT2D eigenvalue weighted by Crippen LogP contribution is -2.59. The van der Waals surface area contributed by atoms with Gasteiger partial charge in [-0.3, -0.25) is 19.2 Å². The molecule has 0 aromatic heterocycles. The molecule has 0 amide bonds. The van der Waals surface area contributed by atoms with Gasteiger partial charge in [-0.05, 0) is 0 Å². The molecule has 10 heteroatoms. The SMILES string of the molecule is O=COC1OC(S)C(OC=O)C(OC=O)C1OC=O. The fraction of sp³-hybridized carbons (Fsp3) is 0.556. The highest BCUT2D eigenvalue weighted by Gasteiger charge is 2.50. The molecule has 1 heterocycles. The molecule has 0 spiro atoms. The molecule has 0 aromatic carbocycles. The molecule has 1 fully saturated rings. The summed E-state index contributed by atoms with van der Waals surface area (Å²) in [6.45, 7) is 0.270. The highest BCUT2D eigenvalue weighted by atomic mass is 32.1. The minimum Gasteiger partial charge on any atom is -0.457 e. The van der Waals surface area contributed by atoms with Crippen LogP contribution in [0.15, 0.2) is 0 Å². The van der Waals surface area contributed by atoms with Crippen LogP contribution in [0.5, 0.6) is 0 Å². The Morgan fingerprint density at radius 2 is 1.21 bits per heavy atom. The van der Waals surface area contributed by atoms with Gasteiger partial charge in [0.25, 0.3) is 25.9 Å². The molecular formula is C9H10O9S. The smallest absolute Gasteiger partial charge is 0.295 e. The molecule has 5 atom stereocenters. The van der Waals surface area contributed by atoms with E-state index in [1.54, 1.807) is 0 Å². The number of rotatable bonds is 8. The van der Waals surface area contributed by atoms with Crippen molar-refractivity contribution in [2.75, 3.05) is 0 Å². The van der Waals surface area contributed by atoms with E-state index in [9.17, 15) is 19.2 Å². The maximum absolute atomic E-state index is 10.5. The van der Waals surface area contributed by atoms with Gasteiger partial charge in [-0.15, -0.1) is 12.6 Å². The molecule has 1 rings (SSSR count). The zero-order valence-corrected chi connectivity index (χ0v) is 10.2. The average Bonchev–Trinajstić information content (AvgIpc) is 2.38. The van der Waals surface area contributed by atoms with Gasteiger partial charge < -0.3 is 23.7 Å². The third-order valence-electron chi connectivity index (χ3n) is 2.30. The summed E-state index contributed by atoms with van der Waals surface area (Å²) >= 11 is 3.96. The van der Waals surface area contributed by atoms with E-state index in [0.717, 1.165) is 0 Å². The van der Waals surface area contributed by atoms with Crippen molar-refractivity contribution >= 4 is 38.5 Å². The first-order valence-electron chi connectivity index (χ1n) is 4.89. The van der Waals surface area contributed by atoms with Crippen LogP contribution in [0.4, 0.5) is 0 Å². The maximum Gasteiger partial charge on any atom is 0.295 e. The van der Waals surface area contributed by atoms with Crippen molar-refractivity contribution in [1.29, 1.82) is 0 Å². The standard InChI is InChI=1S/C9H10O9S/c10-1-14-5-6(15-2-11)8(17-4-13)18-9(19)7(5)16-3-12/h1-9,19H. The summed E-state index contributed by atoms with van der Waals surface area (Å²) in [6.07, 6.45) is -5.00. The Balaban J connectivity index is 2.97. The summed E-state index contributed by atoms with van der Waals surface area (Å²) in [5.41, 5.74) is -1.05. The minimum atomic E-state index is -1.35. The van der Waals surface area contributed by atoms with E-state index in [0.29, 0.717) is 0 Å². The molecule has 106 valence electrons. The van der Waals surface area contributed by atoms with Gasteiger partial charge in [-0.2, -0.15) is 0 Å². The van der Waals surface area contributed by atoms with Gasteiger partial charge in [-0.25, -0.2) is 0 Å². The molecule has 0 aromatic rings. The third-order valence-corrected chi connectivity index (χ3v) is 2.71. The number of ether oxygens (including phenoxy) is 5. The number of thiol groups is 1. The highest BCUT2D eigenvalue weighted by molar-refractivity contribution is 7.80. The number of hydrogen-bond donors (Lipinski definition) is 1. The second-order valence-corrected chi connectivity index (χ2v) is 3.73. The van der Waals surface area contributed by atoms with Crippen LogP contribution in [0.1, 0.15) is 0 Å². The van der Waals surface area contributed by atoms with Gasteiger partial charge in [0.1, 0.15) is 5.44 Å². The van der Waals surface area contributed by atoms with Crippen molar-refractivity contribution in [3.05, 3.63) is 0 Å². The minimum absolute atomic E-state index is 0.0488. The van der Waals surface area contributed by atoms with E-state index in [4.69, 9.17) is 4.74 Å². The first kappa shape index (κ1) is 15.2. The van der Waals surface area contributed by atoms with Crippen LogP contribution in [0.25, 0.3) is 0 Å². The Morgan fingerprint density at radius 1 is 0.737 bits per heavy atom. The van der Waals surface area contributed by atoms with Crippen molar-refractivity contribution in [3.63, 3.8) is 0 Å². The molecule has 0 bridgehead atoms. The van der Waals surface area contributed by atoms with Crippen LogP contribution < -0.4 is 0 Å². The summed E-state index contributed by atoms with van der Waals surface area (Å²) in [5.74, 6) is 0. The van der Waals surface area contributed by atoms with Crippen LogP contribution in [0.2, 0.25) is 0 Å². The Morgan fingerprint density at radius 3 is 1.74 bits per heavy atom. The van der Waals surface area contributed by atoms with Crippen LogP contribution in [-0.2, 0) is 42.9 Å². The van der Waals surface area contributed by atoms with E-state index in [-0.39, 0.29) is 25.9 Å². The first-order valence-corrected chi connectivity index (χ1v) is 5.41. The third kappa shape index (κ3) is 3.58. The molecule has 1 aliphatic rings. The molecule has 19 heavy (non-hydrogen) atoms. The lowest BCUT2D eigenvalue weighted by atomic mass is 10.0. The lowest BCUT2D eigenvalue weighted by Gasteiger charge is -2.40. The van der Waals surface area contributed by atoms with E-state index < -0.39 is 30.0 Å². The van der Waals surface area contributed by atoms with E-state index in [2.05, 4.69) is 31.6 Å². The van der Waals surface area contributed by atoms with Crippen molar-refractivity contribution < 1.29 is 42.9 Å². The maximum atomic E-state index is 10.5. The number of carbonyl (C=O) groups excluding carboxylic acids is 4. The molecule has 9 nitrogen and oxygen atoms in total. The van der Waals surface area contributed by atoms with Gasteiger partial charge in [0.05, 0.1) is 0 Å². The Labute approximate surface area is 112 Å². The van der Waals surface area contributed by atoms with Crippen molar-refractivity contribution in [2.24, 2.45) is 0 Å². The zero-order chi connectivity index (χ0) is 14.3. The molecule has 0 N–H and O–H groups in total. The quantitative estimate of drug-likeness (QED) is 0.321. The van der Waals surface area contributed by atoms with Gasteiger partial charge in [0.15, 0.2) is 12.2 Å². The fourth-order valence-corrected chi connectivity index (χ4v) is 1.95. The monoisotopic (exact) mass is 294 g/mol. The van der Waals surface area contributed by atoms with Crippen molar-refractivity contribution in [1.82, 2.24) is 0 Å². The highest BCUT2D eigenvalue weighted by Crippen LogP contribution is 2.29. The van der Waals surface area contributed by atoms with Crippen molar-refractivity contribution in [3.8, 4) is 0 Å². The summed E-state index contributed by atoms with van der Waals surface area (Å²) in [4.78, 5) is 41.6. The summed E-state index contributed by atoms with van der Waals surface area (Å²) in [6, 6.07) is 0. The van der Waals surface area contributed by atoms with Crippen LogP contribution in [0, 0.1) is 0 Å². The zero-order valence-electron chi connectivity index (χ0n) is 9.32. The lowest BCUT2D eigenvalue weighted by molar-refractivity contribution is -0.271. The second-order valence-electron chi connectivity index (χ2n) is 3.22. The largest absolute Gasteiger partial charge is 0.457 e. The predicted molar refractivity (Wildman–Crippen MR) is 57.6 cm³/mol. The van der Waals surface area contributed by atoms with Crippen LogP contribution >= 0.6 is 12.6 Å². The average molecular weight is 294 g/mol. The van der Waals surface area contributed by atoms with E-state index in [1.165, 1.54) is 0 Å². The molecule has 0 aliphatic carbocycles. The van der Waals surface area contributed by atoms with Crippen LogP contribution in [-0.4, -0.2) is 55.9 Å². The van der Waals surface area contributed by atoms with Gasteiger partial charge in [0, 0.05) is 0 Å². The van der Waals surface area contributed by atoms with Crippen molar-refractivity contribution in [2.45, 2.75) is 30.0 Å². The van der Waals surface area contributed by atoms with Gasteiger partial charge >= 0.3 is 0 Å².